The van der Waals surface area contributed by atoms with Crippen LogP contribution in [0.15, 0.2) is 24.3 Å². The number of amides is 1. The lowest BCUT2D eigenvalue weighted by Crippen LogP contribution is -2.42. The van der Waals surface area contributed by atoms with Crippen molar-refractivity contribution in [3.8, 4) is 0 Å². The lowest BCUT2D eigenvalue weighted by atomic mass is 9.96. The van der Waals surface area contributed by atoms with Crippen LogP contribution >= 0.6 is 0 Å². The Morgan fingerprint density at radius 2 is 1.81 bits per heavy atom. The molecular weight excluding hydrogens is 283 g/mol. The maximum Gasteiger partial charge on any atom is 0.391 e. The summed E-state index contributed by atoms with van der Waals surface area (Å²) in [7, 11) is 0. The van der Waals surface area contributed by atoms with Gasteiger partial charge in [-0.25, -0.2) is 0 Å². The molecule has 0 aliphatic carbocycles. The Balaban J connectivity index is 1.78. The van der Waals surface area contributed by atoms with Gasteiger partial charge in [-0.05, 0) is 50.2 Å². The van der Waals surface area contributed by atoms with Crippen molar-refractivity contribution in [3.63, 3.8) is 0 Å². The molecule has 1 aliphatic rings. The zero-order valence-corrected chi connectivity index (χ0v) is 11.5. The van der Waals surface area contributed by atoms with Gasteiger partial charge in [-0.2, -0.15) is 13.2 Å². The van der Waals surface area contributed by atoms with Gasteiger partial charge >= 0.3 is 6.18 Å². The topological polar surface area (TPSA) is 58.4 Å². The van der Waals surface area contributed by atoms with Gasteiger partial charge in [0.1, 0.15) is 0 Å². The molecule has 116 valence electrons. The summed E-state index contributed by atoms with van der Waals surface area (Å²) in [5.74, 6) is -1.47. The fourth-order valence-electron chi connectivity index (χ4n) is 2.39. The zero-order chi connectivity index (χ0) is 15.5. The number of hydrogen-bond donors (Lipinski definition) is 2. The van der Waals surface area contributed by atoms with E-state index >= 15 is 0 Å². The van der Waals surface area contributed by atoms with Gasteiger partial charge in [0, 0.05) is 11.4 Å². The zero-order valence-electron chi connectivity index (χ0n) is 11.5. The fourth-order valence-corrected chi connectivity index (χ4v) is 2.39. The molecule has 0 bridgehead atoms. The highest BCUT2D eigenvalue weighted by Crippen LogP contribution is 2.33. The predicted molar refractivity (Wildman–Crippen MR) is 74.7 cm³/mol. The number of piperidine rings is 1. The normalized spacial score (nSPS) is 17.7. The van der Waals surface area contributed by atoms with Crippen LogP contribution in [0.2, 0.25) is 0 Å². The molecule has 1 heterocycles. The van der Waals surface area contributed by atoms with E-state index in [-0.39, 0.29) is 25.3 Å². The van der Waals surface area contributed by atoms with Crippen LogP contribution in [0.1, 0.15) is 12.8 Å². The van der Waals surface area contributed by atoms with Crippen LogP contribution in [0.3, 0.4) is 0 Å². The standard InChI is InChI=1S/C14H18F3N3O/c15-14(16,17)10-5-7-20(8-6-10)9-13(21)19-12-3-1-11(18)2-4-12/h1-4,10H,5-9,18H2,(H,19,21). The number of likely N-dealkylation sites (tertiary alicyclic amines) is 1. The van der Waals surface area contributed by atoms with Gasteiger partial charge in [0.05, 0.1) is 12.5 Å². The molecular formula is C14H18F3N3O. The van der Waals surface area contributed by atoms with Gasteiger partial charge in [0.15, 0.2) is 0 Å². The van der Waals surface area contributed by atoms with E-state index in [9.17, 15) is 18.0 Å². The molecule has 1 amide bonds. The van der Waals surface area contributed by atoms with Crippen molar-refractivity contribution in [3.05, 3.63) is 24.3 Å². The minimum absolute atomic E-state index is 0.0542. The Labute approximate surface area is 121 Å². The van der Waals surface area contributed by atoms with Crippen molar-refractivity contribution >= 4 is 17.3 Å². The molecule has 1 saturated heterocycles. The summed E-state index contributed by atoms with van der Waals surface area (Å²) in [5, 5.41) is 2.70. The average molecular weight is 301 g/mol. The molecule has 2 rings (SSSR count). The van der Waals surface area contributed by atoms with Crippen molar-refractivity contribution < 1.29 is 18.0 Å². The van der Waals surface area contributed by atoms with Crippen molar-refractivity contribution in [2.24, 2.45) is 5.92 Å². The third-order valence-electron chi connectivity index (χ3n) is 3.61. The Bertz CT molecular complexity index is 479. The van der Waals surface area contributed by atoms with E-state index in [0.29, 0.717) is 24.5 Å². The van der Waals surface area contributed by atoms with Gasteiger partial charge in [-0.15, -0.1) is 0 Å². The van der Waals surface area contributed by atoms with Gasteiger partial charge in [-0.3, -0.25) is 9.69 Å². The molecule has 0 saturated carbocycles. The van der Waals surface area contributed by atoms with E-state index in [1.54, 1.807) is 29.2 Å². The summed E-state index contributed by atoms with van der Waals surface area (Å²) in [6.07, 6.45) is -4.02. The number of anilines is 2. The number of nitrogens with zero attached hydrogens (tertiary/aromatic N) is 1. The Morgan fingerprint density at radius 3 is 2.33 bits per heavy atom. The lowest BCUT2D eigenvalue weighted by molar-refractivity contribution is -0.184. The first-order chi connectivity index (χ1) is 9.84. The maximum absolute atomic E-state index is 12.5. The van der Waals surface area contributed by atoms with E-state index in [0.717, 1.165) is 0 Å². The molecule has 3 N–H and O–H groups in total. The third kappa shape index (κ3) is 4.63. The molecule has 1 aromatic rings. The van der Waals surface area contributed by atoms with Crippen molar-refractivity contribution in [1.29, 1.82) is 0 Å². The molecule has 0 atom stereocenters. The van der Waals surface area contributed by atoms with Gasteiger partial charge in [-0.1, -0.05) is 0 Å². The minimum atomic E-state index is -4.13. The second-order valence-electron chi connectivity index (χ2n) is 5.26. The molecule has 1 aliphatic heterocycles. The molecule has 4 nitrogen and oxygen atoms in total. The van der Waals surface area contributed by atoms with E-state index < -0.39 is 12.1 Å². The molecule has 7 heteroatoms. The number of nitrogens with two attached hydrogens (primary N) is 1. The number of alkyl halides is 3. The van der Waals surface area contributed by atoms with Gasteiger partial charge in [0.2, 0.25) is 5.91 Å². The highest BCUT2D eigenvalue weighted by molar-refractivity contribution is 5.92. The third-order valence-corrected chi connectivity index (χ3v) is 3.61. The fraction of sp³-hybridized carbons (Fsp3) is 0.500. The Hall–Kier alpha value is -1.76. The smallest absolute Gasteiger partial charge is 0.391 e. The summed E-state index contributed by atoms with van der Waals surface area (Å²) < 4.78 is 37.6. The van der Waals surface area contributed by atoms with Crippen LogP contribution in [-0.2, 0) is 4.79 Å². The summed E-state index contributed by atoms with van der Waals surface area (Å²) >= 11 is 0. The largest absolute Gasteiger partial charge is 0.399 e. The van der Waals surface area contributed by atoms with Crippen LogP contribution in [0, 0.1) is 5.92 Å². The summed E-state index contributed by atoms with van der Waals surface area (Å²) in [6.45, 7) is 0.688. The summed E-state index contributed by atoms with van der Waals surface area (Å²) in [4.78, 5) is 13.6. The van der Waals surface area contributed by atoms with Crippen molar-refractivity contribution in [1.82, 2.24) is 4.90 Å². The molecule has 0 spiro atoms. The number of nitrogen functional groups attached to an aromatic ring is 1. The van der Waals surface area contributed by atoms with Crippen LogP contribution in [-0.4, -0.2) is 36.6 Å². The maximum atomic E-state index is 12.5. The predicted octanol–water partition coefficient (Wildman–Crippen LogP) is 2.48. The Kier molecular flexibility index (Phi) is 4.72. The number of benzene rings is 1. The highest BCUT2D eigenvalue weighted by atomic mass is 19.4. The second kappa shape index (κ2) is 6.34. The van der Waals surface area contributed by atoms with Gasteiger partial charge < -0.3 is 11.1 Å². The number of rotatable bonds is 3. The van der Waals surface area contributed by atoms with E-state index in [1.807, 2.05) is 0 Å². The number of hydrogen-bond acceptors (Lipinski definition) is 3. The number of carbonyl (C=O) groups is 1. The van der Waals surface area contributed by atoms with Crippen molar-refractivity contribution in [2.45, 2.75) is 19.0 Å². The SMILES string of the molecule is Nc1ccc(NC(=O)CN2CCC(C(F)(F)F)CC2)cc1. The van der Waals surface area contributed by atoms with Crippen LogP contribution in [0.4, 0.5) is 24.5 Å². The number of halogens is 3. The summed E-state index contributed by atoms with van der Waals surface area (Å²) in [6, 6.07) is 6.71. The highest BCUT2D eigenvalue weighted by Gasteiger charge is 2.41. The first-order valence-electron chi connectivity index (χ1n) is 6.79. The van der Waals surface area contributed by atoms with Crippen LogP contribution in [0.5, 0.6) is 0 Å². The van der Waals surface area contributed by atoms with Crippen LogP contribution < -0.4 is 11.1 Å². The molecule has 0 unspecified atom stereocenters. The summed E-state index contributed by atoms with van der Waals surface area (Å²) in [5.41, 5.74) is 6.77. The van der Waals surface area contributed by atoms with E-state index in [1.165, 1.54) is 0 Å². The van der Waals surface area contributed by atoms with Crippen molar-refractivity contribution in [2.75, 3.05) is 30.7 Å². The quantitative estimate of drug-likeness (QED) is 0.843. The van der Waals surface area contributed by atoms with E-state index in [4.69, 9.17) is 5.73 Å². The minimum Gasteiger partial charge on any atom is -0.399 e. The number of nitrogens with one attached hydrogen (secondary N) is 1. The van der Waals surface area contributed by atoms with E-state index in [2.05, 4.69) is 5.32 Å². The molecule has 1 fully saturated rings. The molecule has 0 radical (unpaired) electrons. The number of carbonyl (C=O) groups excluding carboxylic acids is 1. The lowest BCUT2D eigenvalue weighted by Gasteiger charge is -2.32. The van der Waals surface area contributed by atoms with Gasteiger partial charge in [0.25, 0.3) is 0 Å². The Morgan fingerprint density at radius 1 is 1.24 bits per heavy atom. The molecule has 0 aromatic heterocycles. The average Bonchev–Trinajstić information content (AvgIpc) is 2.41. The second-order valence-corrected chi connectivity index (χ2v) is 5.26. The first-order valence-corrected chi connectivity index (χ1v) is 6.79. The molecule has 21 heavy (non-hydrogen) atoms. The first kappa shape index (κ1) is 15.6. The monoisotopic (exact) mass is 301 g/mol. The van der Waals surface area contributed by atoms with Crippen LogP contribution in [0.25, 0.3) is 0 Å². The molecule has 1 aromatic carbocycles.